The Balaban J connectivity index is 2.08. The van der Waals surface area contributed by atoms with Crippen LogP contribution in [0.1, 0.15) is 23.1 Å². The number of rotatable bonds is 6. The number of benzene rings is 1. The molecule has 3 rings (SSSR count). The Hall–Kier alpha value is -3.94. The van der Waals surface area contributed by atoms with Gasteiger partial charge in [-0.05, 0) is 13.0 Å². The van der Waals surface area contributed by atoms with Crippen LogP contribution < -0.4 is 20.7 Å². The summed E-state index contributed by atoms with van der Waals surface area (Å²) >= 11 is 5.96. The van der Waals surface area contributed by atoms with Crippen LogP contribution in [-0.4, -0.2) is 39.2 Å². The lowest BCUT2D eigenvalue weighted by Gasteiger charge is -2.13. The van der Waals surface area contributed by atoms with Gasteiger partial charge in [-0.15, -0.1) is 0 Å². The zero-order valence-corrected chi connectivity index (χ0v) is 18.0. The van der Waals surface area contributed by atoms with E-state index in [1.165, 1.54) is 12.1 Å². The van der Waals surface area contributed by atoms with Crippen molar-refractivity contribution in [3.8, 4) is 23.2 Å². The quantitative estimate of drug-likeness (QED) is 0.401. The van der Waals surface area contributed by atoms with E-state index in [2.05, 4.69) is 9.97 Å². The molecule has 0 bridgehead atoms. The van der Waals surface area contributed by atoms with Crippen molar-refractivity contribution >= 4 is 17.6 Å². The second-order valence-corrected chi connectivity index (χ2v) is 6.69. The van der Waals surface area contributed by atoms with E-state index in [-0.39, 0.29) is 39.5 Å². The largest absolute Gasteiger partial charge is 0.493 e. The molecular formula is C19H13ClF4N4O6. The Kier molecular flexibility index (Phi) is 6.91. The van der Waals surface area contributed by atoms with Crippen LogP contribution >= 0.6 is 11.6 Å². The average molecular weight is 505 g/mol. The number of nitrogens with zero attached hydrogens (tertiary/aromatic N) is 3. The highest BCUT2D eigenvalue weighted by molar-refractivity contribution is 6.32. The van der Waals surface area contributed by atoms with Gasteiger partial charge in [0.25, 0.3) is 5.56 Å². The first-order valence-corrected chi connectivity index (χ1v) is 9.53. The van der Waals surface area contributed by atoms with E-state index in [0.717, 1.165) is 12.3 Å². The van der Waals surface area contributed by atoms with Gasteiger partial charge in [0.15, 0.2) is 17.2 Å². The van der Waals surface area contributed by atoms with Gasteiger partial charge in [-0.25, -0.2) is 18.5 Å². The Morgan fingerprint density at radius 2 is 1.91 bits per heavy atom. The second kappa shape index (κ2) is 9.51. The number of methoxy groups -OCH3 is 1. The number of H-pyrrole nitrogens is 1. The number of esters is 1. The Labute approximate surface area is 191 Å². The first-order chi connectivity index (χ1) is 16.0. The number of alkyl halides is 3. The lowest BCUT2D eigenvalue weighted by Crippen LogP contribution is -2.36. The SMILES string of the molecule is CCOC(=O)c1nc(Oc2cc(-n3c(=O)cc(C(F)(F)F)[nH]c3=O)c(F)cc2Cl)ncc1OC. The van der Waals surface area contributed by atoms with Crippen LogP contribution in [0.2, 0.25) is 5.02 Å². The third kappa shape index (κ3) is 5.01. The van der Waals surface area contributed by atoms with Gasteiger partial charge in [-0.2, -0.15) is 23.1 Å². The molecule has 0 radical (unpaired) electrons. The second-order valence-electron chi connectivity index (χ2n) is 6.29. The van der Waals surface area contributed by atoms with E-state index in [1.807, 2.05) is 0 Å². The van der Waals surface area contributed by atoms with Crippen LogP contribution in [0, 0.1) is 5.82 Å². The molecule has 0 spiro atoms. The smallest absolute Gasteiger partial charge is 0.431 e. The van der Waals surface area contributed by atoms with Crippen LogP contribution in [0.5, 0.6) is 17.5 Å². The molecule has 2 heterocycles. The lowest BCUT2D eigenvalue weighted by molar-refractivity contribution is -0.141. The first-order valence-electron chi connectivity index (χ1n) is 9.15. The minimum Gasteiger partial charge on any atom is -0.493 e. The van der Waals surface area contributed by atoms with Gasteiger partial charge in [0.1, 0.15) is 11.5 Å². The summed E-state index contributed by atoms with van der Waals surface area (Å²) in [6, 6.07) is 1.05. The average Bonchev–Trinajstić information content (AvgIpc) is 2.75. The molecule has 15 heteroatoms. The predicted molar refractivity (Wildman–Crippen MR) is 107 cm³/mol. The minimum atomic E-state index is -5.01. The molecule has 3 aromatic rings. The number of hydrogen-bond acceptors (Lipinski definition) is 8. The lowest BCUT2D eigenvalue weighted by atomic mass is 10.2. The number of ether oxygens (including phenoxy) is 3. The molecule has 0 amide bonds. The van der Waals surface area contributed by atoms with E-state index in [9.17, 15) is 31.9 Å². The van der Waals surface area contributed by atoms with Crippen molar-refractivity contribution in [2.75, 3.05) is 13.7 Å². The number of carbonyl (C=O) groups is 1. The zero-order valence-electron chi connectivity index (χ0n) is 17.2. The highest BCUT2D eigenvalue weighted by Gasteiger charge is 2.33. The van der Waals surface area contributed by atoms with Crippen molar-refractivity contribution in [3.63, 3.8) is 0 Å². The molecule has 0 fully saturated rings. The number of hydrogen-bond donors (Lipinski definition) is 1. The first kappa shape index (κ1) is 24.7. The summed E-state index contributed by atoms with van der Waals surface area (Å²) in [4.78, 5) is 45.5. The van der Waals surface area contributed by atoms with E-state index in [4.69, 9.17) is 25.8 Å². The Bertz CT molecular complexity index is 1340. The van der Waals surface area contributed by atoms with Gasteiger partial charge in [0.2, 0.25) is 0 Å². The highest BCUT2D eigenvalue weighted by atomic mass is 35.5. The van der Waals surface area contributed by atoms with Gasteiger partial charge in [-0.3, -0.25) is 4.79 Å². The molecule has 2 aromatic heterocycles. The van der Waals surface area contributed by atoms with Gasteiger partial charge < -0.3 is 19.2 Å². The summed E-state index contributed by atoms with van der Waals surface area (Å²) < 4.78 is 68.3. The Morgan fingerprint density at radius 1 is 1.21 bits per heavy atom. The van der Waals surface area contributed by atoms with Crippen LogP contribution in [0.25, 0.3) is 5.69 Å². The molecule has 180 valence electrons. The maximum Gasteiger partial charge on any atom is 0.431 e. The van der Waals surface area contributed by atoms with Gasteiger partial charge in [0, 0.05) is 12.1 Å². The van der Waals surface area contributed by atoms with E-state index in [0.29, 0.717) is 6.07 Å². The molecule has 34 heavy (non-hydrogen) atoms. The van der Waals surface area contributed by atoms with Crippen molar-refractivity contribution in [2.45, 2.75) is 13.1 Å². The summed E-state index contributed by atoms with van der Waals surface area (Å²) in [6.45, 7) is 1.60. The maximum absolute atomic E-state index is 14.5. The van der Waals surface area contributed by atoms with Crippen LogP contribution in [0.3, 0.4) is 0 Å². The molecule has 0 saturated heterocycles. The third-order valence-electron chi connectivity index (χ3n) is 4.10. The maximum atomic E-state index is 14.5. The summed E-state index contributed by atoms with van der Waals surface area (Å²) in [6.07, 6.45) is -3.93. The fourth-order valence-electron chi connectivity index (χ4n) is 2.64. The number of aromatic amines is 1. The third-order valence-corrected chi connectivity index (χ3v) is 4.40. The fraction of sp³-hybridized carbons (Fsp3) is 0.211. The van der Waals surface area contributed by atoms with Crippen LogP contribution in [0.4, 0.5) is 17.6 Å². The molecule has 0 saturated carbocycles. The molecule has 0 unspecified atom stereocenters. The molecule has 10 nitrogen and oxygen atoms in total. The Morgan fingerprint density at radius 3 is 2.50 bits per heavy atom. The topological polar surface area (TPSA) is 125 Å². The standard InChI is InChI=1S/C19H13ClF4N4O6/c1-3-33-16(30)15-12(32-2)7-25-17(27-15)34-11-5-10(9(21)4-8(11)20)28-14(29)6-13(19(22,23)24)26-18(28)31/h4-7H,3H2,1-2H3,(H,26,31). The van der Waals surface area contributed by atoms with Crippen molar-refractivity contribution in [2.24, 2.45) is 0 Å². The molecular weight excluding hydrogens is 492 g/mol. The van der Waals surface area contributed by atoms with Crippen molar-refractivity contribution < 1.29 is 36.6 Å². The van der Waals surface area contributed by atoms with E-state index < -0.39 is 46.6 Å². The predicted octanol–water partition coefficient (Wildman–Crippen LogP) is 3.10. The summed E-state index contributed by atoms with van der Waals surface area (Å²) in [5.74, 6) is -2.50. The molecule has 1 N–H and O–H groups in total. The summed E-state index contributed by atoms with van der Waals surface area (Å²) in [5.41, 5.74) is -5.70. The van der Waals surface area contributed by atoms with Crippen molar-refractivity contribution in [1.29, 1.82) is 0 Å². The molecule has 0 aliphatic carbocycles. The van der Waals surface area contributed by atoms with Crippen LogP contribution in [-0.2, 0) is 10.9 Å². The van der Waals surface area contributed by atoms with Crippen molar-refractivity contribution in [1.82, 2.24) is 19.5 Å². The monoisotopic (exact) mass is 504 g/mol. The zero-order chi connectivity index (χ0) is 25.2. The summed E-state index contributed by atoms with van der Waals surface area (Å²) in [5, 5.41) is -0.366. The van der Waals surface area contributed by atoms with Gasteiger partial charge >= 0.3 is 23.8 Å². The van der Waals surface area contributed by atoms with Gasteiger partial charge in [-0.1, -0.05) is 11.6 Å². The molecule has 0 aliphatic heterocycles. The number of halogens is 5. The number of aromatic nitrogens is 4. The van der Waals surface area contributed by atoms with E-state index in [1.54, 1.807) is 6.92 Å². The molecule has 0 atom stereocenters. The minimum absolute atomic E-state index is 0.0335. The summed E-state index contributed by atoms with van der Waals surface area (Å²) in [7, 11) is 1.25. The van der Waals surface area contributed by atoms with Gasteiger partial charge in [0.05, 0.1) is 30.6 Å². The fourth-order valence-corrected chi connectivity index (χ4v) is 2.83. The molecule has 1 aromatic carbocycles. The normalized spacial score (nSPS) is 11.3. The number of carbonyl (C=O) groups excluding carboxylic acids is 1. The highest BCUT2D eigenvalue weighted by Crippen LogP contribution is 2.32. The van der Waals surface area contributed by atoms with Crippen molar-refractivity contribution in [3.05, 3.63) is 67.5 Å². The number of nitrogens with one attached hydrogen (secondary N) is 1. The van der Waals surface area contributed by atoms with Crippen LogP contribution in [0.15, 0.2) is 34.0 Å². The van der Waals surface area contributed by atoms with E-state index >= 15 is 0 Å². The molecule has 0 aliphatic rings.